The average Bonchev–Trinajstić information content (AvgIpc) is 2.81. The van der Waals surface area contributed by atoms with E-state index >= 15 is 0 Å². The molecule has 0 amide bonds. The maximum absolute atomic E-state index is 8.94. The molecule has 3 rings (SSSR count). The van der Waals surface area contributed by atoms with Crippen molar-refractivity contribution >= 4 is 11.6 Å². The molecule has 1 aromatic heterocycles. The Kier molecular flexibility index (Phi) is 3.47. The van der Waals surface area contributed by atoms with Gasteiger partial charge in [-0.3, -0.25) is 4.68 Å². The summed E-state index contributed by atoms with van der Waals surface area (Å²) >= 11 is 5.93. The fourth-order valence-corrected chi connectivity index (χ4v) is 2.94. The predicted molar refractivity (Wildman–Crippen MR) is 78.2 cm³/mol. The summed E-state index contributed by atoms with van der Waals surface area (Å²) < 4.78 is 1.79. The summed E-state index contributed by atoms with van der Waals surface area (Å²) in [6, 6.07) is 9.75. The highest BCUT2D eigenvalue weighted by Gasteiger charge is 2.26. The van der Waals surface area contributed by atoms with E-state index in [0.29, 0.717) is 5.02 Å². The number of nitrogens with two attached hydrogens (primary N) is 1. The van der Waals surface area contributed by atoms with E-state index in [9.17, 15) is 0 Å². The molecule has 0 aliphatic heterocycles. The van der Waals surface area contributed by atoms with Gasteiger partial charge in [-0.2, -0.15) is 10.4 Å². The van der Waals surface area contributed by atoms with Crippen molar-refractivity contribution in [3.63, 3.8) is 0 Å². The Morgan fingerprint density at radius 3 is 2.85 bits per heavy atom. The molecule has 2 aromatic rings. The van der Waals surface area contributed by atoms with Crippen LogP contribution in [0.4, 0.5) is 0 Å². The van der Waals surface area contributed by atoms with E-state index in [1.807, 2.05) is 24.3 Å². The number of hydrogen-bond donors (Lipinski definition) is 1. The second kappa shape index (κ2) is 5.28. The summed E-state index contributed by atoms with van der Waals surface area (Å²) in [6.07, 6.45) is 2.95. The molecule has 2 N–H and O–H groups in total. The lowest BCUT2D eigenvalue weighted by Crippen LogP contribution is -2.18. The third-order valence-electron chi connectivity index (χ3n) is 3.74. The zero-order valence-electron chi connectivity index (χ0n) is 11.0. The first kappa shape index (κ1) is 13.2. The van der Waals surface area contributed by atoms with Gasteiger partial charge >= 0.3 is 0 Å². The maximum atomic E-state index is 8.94. The van der Waals surface area contributed by atoms with Crippen molar-refractivity contribution in [2.75, 3.05) is 0 Å². The van der Waals surface area contributed by atoms with E-state index in [0.717, 1.165) is 41.8 Å². The van der Waals surface area contributed by atoms with Crippen molar-refractivity contribution in [1.82, 2.24) is 9.78 Å². The van der Waals surface area contributed by atoms with Gasteiger partial charge in [0.1, 0.15) is 6.54 Å². The van der Waals surface area contributed by atoms with Gasteiger partial charge in [0.2, 0.25) is 0 Å². The van der Waals surface area contributed by atoms with E-state index in [-0.39, 0.29) is 12.6 Å². The number of aromatic nitrogens is 2. The van der Waals surface area contributed by atoms with Crippen LogP contribution in [-0.2, 0) is 13.0 Å². The van der Waals surface area contributed by atoms with Crippen LogP contribution >= 0.6 is 11.6 Å². The van der Waals surface area contributed by atoms with Crippen molar-refractivity contribution in [2.24, 2.45) is 5.73 Å². The van der Waals surface area contributed by atoms with E-state index in [4.69, 9.17) is 22.6 Å². The first-order valence-corrected chi connectivity index (χ1v) is 7.06. The topological polar surface area (TPSA) is 67.6 Å². The molecule has 1 aliphatic carbocycles. The van der Waals surface area contributed by atoms with Gasteiger partial charge in [0.25, 0.3) is 0 Å². The zero-order chi connectivity index (χ0) is 14.1. The summed E-state index contributed by atoms with van der Waals surface area (Å²) in [5.41, 5.74) is 10.3. The lowest BCUT2D eigenvalue weighted by molar-refractivity contribution is 0.541. The molecule has 20 heavy (non-hydrogen) atoms. The van der Waals surface area contributed by atoms with Crippen LogP contribution in [0.5, 0.6) is 0 Å². The fraction of sp³-hybridized carbons (Fsp3) is 0.333. The van der Waals surface area contributed by atoms with Crippen LogP contribution in [0.2, 0.25) is 5.02 Å². The third-order valence-corrected chi connectivity index (χ3v) is 3.99. The number of hydrogen-bond acceptors (Lipinski definition) is 3. The van der Waals surface area contributed by atoms with E-state index < -0.39 is 0 Å². The first-order valence-electron chi connectivity index (χ1n) is 6.68. The largest absolute Gasteiger partial charge is 0.324 e. The van der Waals surface area contributed by atoms with Crippen LogP contribution in [0.1, 0.15) is 30.1 Å². The Morgan fingerprint density at radius 2 is 2.15 bits per heavy atom. The number of rotatable bonds is 2. The molecule has 102 valence electrons. The maximum Gasteiger partial charge on any atom is 0.128 e. The lowest BCUT2D eigenvalue weighted by Gasteiger charge is -2.20. The summed E-state index contributed by atoms with van der Waals surface area (Å²) in [4.78, 5) is 0. The number of fused-ring (bicyclic) bond motifs is 1. The second-order valence-corrected chi connectivity index (χ2v) is 5.47. The molecule has 1 aliphatic rings. The molecular formula is C15H15ClN4. The zero-order valence-corrected chi connectivity index (χ0v) is 11.8. The number of nitrogens with zero attached hydrogens (tertiary/aromatic N) is 3. The first-order chi connectivity index (χ1) is 9.70. The Morgan fingerprint density at radius 1 is 1.40 bits per heavy atom. The van der Waals surface area contributed by atoms with Gasteiger partial charge in [-0.05, 0) is 31.4 Å². The summed E-state index contributed by atoms with van der Waals surface area (Å²) in [5.74, 6) is 0. The van der Waals surface area contributed by atoms with E-state index in [1.165, 1.54) is 0 Å². The highest BCUT2D eigenvalue weighted by Crippen LogP contribution is 2.36. The number of nitriles is 1. The Bertz CT molecular complexity index is 666. The minimum Gasteiger partial charge on any atom is -0.324 e. The summed E-state index contributed by atoms with van der Waals surface area (Å²) in [7, 11) is 0. The van der Waals surface area contributed by atoms with Crippen LogP contribution in [0.15, 0.2) is 24.3 Å². The second-order valence-electron chi connectivity index (χ2n) is 5.03. The van der Waals surface area contributed by atoms with Crippen molar-refractivity contribution < 1.29 is 0 Å². The number of halogens is 1. The minimum absolute atomic E-state index is 0.00290. The quantitative estimate of drug-likeness (QED) is 0.922. The smallest absolute Gasteiger partial charge is 0.128 e. The van der Waals surface area contributed by atoms with Gasteiger partial charge in [0.05, 0.1) is 11.8 Å². The van der Waals surface area contributed by atoms with Gasteiger partial charge < -0.3 is 5.73 Å². The molecule has 0 saturated heterocycles. The van der Waals surface area contributed by atoms with Gasteiger partial charge in [-0.25, -0.2) is 0 Å². The van der Waals surface area contributed by atoms with E-state index in [1.54, 1.807) is 4.68 Å². The van der Waals surface area contributed by atoms with Crippen LogP contribution in [-0.4, -0.2) is 9.78 Å². The van der Waals surface area contributed by atoms with Gasteiger partial charge in [0.15, 0.2) is 0 Å². The minimum atomic E-state index is -0.00290. The van der Waals surface area contributed by atoms with Crippen LogP contribution in [0.3, 0.4) is 0 Å². The molecule has 0 spiro atoms. The molecule has 1 heterocycles. The molecule has 1 atom stereocenters. The van der Waals surface area contributed by atoms with Gasteiger partial charge in [-0.1, -0.05) is 23.7 Å². The Labute approximate surface area is 122 Å². The fourth-order valence-electron chi connectivity index (χ4n) is 2.82. The highest BCUT2D eigenvalue weighted by molar-refractivity contribution is 6.30. The SMILES string of the molecule is N#CCn1nc(-c2ccc(Cl)cc2)c2c1CCCC2N. The highest BCUT2D eigenvalue weighted by atomic mass is 35.5. The van der Waals surface area contributed by atoms with Crippen molar-refractivity contribution in [3.8, 4) is 17.3 Å². The standard InChI is InChI=1S/C15H15ClN4/c16-11-6-4-10(5-7-11)15-14-12(18)2-1-3-13(14)20(19-15)9-8-17/h4-7,12H,1-3,9,18H2. The van der Waals surface area contributed by atoms with Gasteiger partial charge in [0, 0.05) is 27.9 Å². The molecule has 0 bridgehead atoms. The molecule has 4 nitrogen and oxygen atoms in total. The van der Waals surface area contributed by atoms with Crippen LogP contribution < -0.4 is 5.73 Å². The normalized spacial score (nSPS) is 17.6. The molecule has 5 heteroatoms. The Balaban J connectivity index is 2.15. The molecule has 0 saturated carbocycles. The summed E-state index contributed by atoms with van der Waals surface area (Å²) in [6.45, 7) is 0.267. The van der Waals surface area contributed by atoms with Crippen molar-refractivity contribution in [1.29, 1.82) is 5.26 Å². The van der Waals surface area contributed by atoms with Crippen molar-refractivity contribution in [2.45, 2.75) is 31.8 Å². The third kappa shape index (κ3) is 2.20. The molecule has 0 fully saturated rings. The van der Waals surface area contributed by atoms with E-state index in [2.05, 4.69) is 11.2 Å². The van der Waals surface area contributed by atoms with Crippen LogP contribution in [0, 0.1) is 11.3 Å². The molecule has 1 unspecified atom stereocenters. The predicted octanol–water partition coefficient (Wildman–Crippen LogP) is 3.06. The molecule has 1 aromatic carbocycles. The van der Waals surface area contributed by atoms with Gasteiger partial charge in [-0.15, -0.1) is 0 Å². The van der Waals surface area contributed by atoms with Crippen LogP contribution in [0.25, 0.3) is 11.3 Å². The molecule has 0 radical (unpaired) electrons. The number of benzene rings is 1. The molecular weight excluding hydrogens is 272 g/mol. The lowest BCUT2D eigenvalue weighted by atomic mass is 9.89. The Hall–Kier alpha value is -1.83. The average molecular weight is 287 g/mol. The van der Waals surface area contributed by atoms with Crippen molar-refractivity contribution in [3.05, 3.63) is 40.5 Å². The summed E-state index contributed by atoms with van der Waals surface area (Å²) in [5, 5.41) is 14.2. The monoisotopic (exact) mass is 286 g/mol.